The summed E-state index contributed by atoms with van der Waals surface area (Å²) in [6, 6.07) is 9.44. The van der Waals surface area contributed by atoms with Gasteiger partial charge in [0.25, 0.3) is 5.82 Å². The molecule has 0 aliphatic heterocycles. The number of carbonyl (C=O) groups excluding carboxylic acids is 1. The molecule has 0 radical (unpaired) electrons. The van der Waals surface area contributed by atoms with Crippen molar-refractivity contribution in [3.8, 4) is 0 Å². The largest absolute Gasteiger partial charge is 0.455 e. The minimum Gasteiger partial charge on any atom is -0.455 e. The molecule has 0 atom stereocenters. The average Bonchev–Trinajstić information content (AvgIpc) is 2.87. The quantitative estimate of drug-likeness (QED) is 0.787. The maximum absolute atomic E-state index is 11.8. The Hall–Kier alpha value is -2.24. The highest BCUT2D eigenvalue weighted by Crippen LogP contribution is 2.09. The first-order valence-corrected chi connectivity index (χ1v) is 5.98. The smallest absolute Gasteiger partial charge is 0.380 e. The van der Waals surface area contributed by atoms with Crippen LogP contribution >= 0.6 is 0 Å². The lowest BCUT2D eigenvalue weighted by Gasteiger charge is -2.15. The van der Waals surface area contributed by atoms with Crippen LogP contribution < -0.4 is 0 Å². The molecule has 6 heteroatoms. The lowest BCUT2D eigenvalue weighted by molar-refractivity contribution is 0.0457. The molecule has 100 valence electrons. The van der Waals surface area contributed by atoms with Crippen LogP contribution in [0.2, 0.25) is 0 Å². The summed E-state index contributed by atoms with van der Waals surface area (Å²) in [5.74, 6) is -0.592. The van der Waals surface area contributed by atoms with Gasteiger partial charge in [0.15, 0.2) is 0 Å². The SMILES string of the molecule is CC(C)(C)n1nnc(C(=O)OCc2ccccc2)n1. The molecule has 6 nitrogen and oxygen atoms in total. The molecule has 0 aliphatic carbocycles. The molecule has 0 bridgehead atoms. The molecule has 0 fully saturated rings. The monoisotopic (exact) mass is 260 g/mol. The zero-order chi connectivity index (χ0) is 13.9. The molecule has 0 N–H and O–H groups in total. The van der Waals surface area contributed by atoms with E-state index in [-0.39, 0.29) is 18.0 Å². The Bertz CT molecular complexity index is 558. The van der Waals surface area contributed by atoms with Crippen LogP contribution in [0.25, 0.3) is 0 Å². The summed E-state index contributed by atoms with van der Waals surface area (Å²) in [4.78, 5) is 13.2. The highest BCUT2D eigenvalue weighted by Gasteiger charge is 2.21. The van der Waals surface area contributed by atoms with Gasteiger partial charge in [0.2, 0.25) is 0 Å². The van der Waals surface area contributed by atoms with Crippen LogP contribution in [0.5, 0.6) is 0 Å². The molecule has 0 spiro atoms. The molecule has 19 heavy (non-hydrogen) atoms. The zero-order valence-corrected chi connectivity index (χ0v) is 11.2. The number of aromatic nitrogens is 4. The number of hydrogen-bond acceptors (Lipinski definition) is 5. The minimum atomic E-state index is -0.570. The van der Waals surface area contributed by atoms with E-state index >= 15 is 0 Å². The third-order valence-electron chi connectivity index (χ3n) is 2.41. The molecular weight excluding hydrogens is 244 g/mol. The molecule has 0 saturated carbocycles. The first-order chi connectivity index (χ1) is 8.97. The van der Waals surface area contributed by atoms with Gasteiger partial charge in [0.1, 0.15) is 6.61 Å². The van der Waals surface area contributed by atoms with Gasteiger partial charge in [-0.05, 0) is 31.5 Å². The Morgan fingerprint density at radius 3 is 2.53 bits per heavy atom. The van der Waals surface area contributed by atoms with Crippen LogP contribution in [0.3, 0.4) is 0 Å². The van der Waals surface area contributed by atoms with Crippen molar-refractivity contribution in [2.75, 3.05) is 0 Å². The van der Waals surface area contributed by atoms with Gasteiger partial charge in [-0.3, -0.25) is 0 Å². The molecular formula is C13H16N4O2. The predicted octanol–water partition coefficient (Wildman–Crippen LogP) is 1.79. The van der Waals surface area contributed by atoms with Gasteiger partial charge in [-0.1, -0.05) is 30.3 Å². The number of ether oxygens (including phenoxy) is 1. The Morgan fingerprint density at radius 2 is 1.95 bits per heavy atom. The van der Waals surface area contributed by atoms with Crippen molar-refractivity contribution in [2.24, 2.45) is 0 Å². The summed E-state index contributed by atoms with van der Waals surface area (Å²) in [5.41, 5.74) is 0.601. The standard InChI is InChI=1S/C13H16N4O2/c1-13(2,3)17-15-11(14-16-17)12(18)19-9-10-7-5-4-6-8-10/h4-8H,9H2,1-3H3. The second kappa shape index (κ2) is 5.17. The van der Waals surface area contributed by atoms with Gasteiger partial charge in [-0.25, -0.2) is 4.79 Å². The fraction of sp³-hybridized carbons (Fsp3) is 0.385. The van der Waals surface area contributed by atoms with E-state index in [1.807, 2.05) is 51.1 Å². The van der Waals surface area contributed by atoms with Crippen LogP contribution in [0, 0.1) is 0 Å². The fourth-order valence-corrected chi connectivity index (χ4v) is 1.37. The third kappa shape index (κ3) is 3.37. The summed E-state index contributed by atoms with van der Waals surface area (Å²) in [7, 11) is 0. The van der Waals surface area contributed by atoms with E-state index in [2.05, 4.69) is 15.4 Å². The Balaban J connectivity index is 1.99. The van der Waals surface area contributed by atoms with E-state index in [0.29, 0.717) is 0 Å². The fourth-order valence-electron chi connectivity index (χ4n) is 1.37. The van der Waals surface area contributed by atoms with Gasteiger partial charge in [-0.15, -0.1) is 10.2 Å². The number of nitrogens with zero attached hydrogens (tertiary/aromatic N) is 4. The van der Waals surface area contributed by atoms with Crippen LogP contribution in [0.4, 0.5) is 0 Å². The van der Waals surface area contributed by atoms with Crippen LogP contribution in [0.15, 0.2) is 30.3 Å². The maximum atomic E-state index is 11.8. The van der Waals surface area contributed by atoms with Crippen molar-refractivity contribution < 1.29 is 9.53 Å². The Morgan fingerprint density at radius 1 is 1.26 bits per heavy atom. The predicted molar refractivity (Wildman–Crippen MR) is 68.4 cm³/mol. The lowest BCUT2D eigenvalue weighted by atomic mass is 10.1. The second-order valence-electron chi connectivity index (χ2n) is 5.14. The molecule has 1 heterocycles. The van der Waals surface area contributed by atoms with Crippen molar-refractivity contribution in [1.82, 2.24) is 20.2 Å². The van der Waals surface area contributed by atoms with Crippen molar-refractivity contribution >= 4 is 5.97 Å². The molecule has 0 unspecified atom stereocenters. The molecule has 0 amide bonds. The first kappa shape index (κ1) is 13.2. The summed E-state index contributed by atoms with van der Waals surface area (Å²) >= 11 is 0. The van der Waals surface area contributed by atoms with Crippen molar-refractivity contribution in [1.29, 1.82) is 0 Å². The van der Waals surface area contributed by atoms with Gasteiger partial charge >= 0.3 is 5.97 Å². The molecule has 1 aromatic carbocycles. The van der Waals surface area contributed by atoms with Crippen LogP contribution in [0.1, 0.15) is 37.0 Å². The van der Waals surface area contributed by atoms with E-state index in [4.69, 9.17) is 4.74 Å². The normalized spacial score (nSPS) is 11.3. The number of tetrazole rings is 1. The lowest BCUT2D eigenvalue weighted by Crippen LogP contribution is -2.25. The van der Waals surface area contributed by atoms with Crippen LogP contribution in [-0.2, 0) is 16.9 Å². The summed E-state index contributed by atoms with van der Waals surface area (Å²) in [6.07, 6.45) is 0. The number of rotatable bonds is 3. The van der Waals surface area contributed by atoms with Crippen molar-refractivity contribution in [3.63, 3.8) is 0 Å². The maximum Gasteiger partial charge on any atom is 0.380 e. The van der Waals surface area contributed by atoms with Gasteiger partial charge < -0.3 is 4.74 Å². The number of esters is 1. The highest BCUT2D eigenvalue weighted by atomic mass is 16.5. The van der Waals surface area contributed by atoms with E-state index in [0.717, 1.165) is 5.56 Å². The van der Waals surface area contributed by atoms with Crippen molar-refractivity contribution in [2.45, 2.75) is 32.9 Å². The molecule has 0 saturated heterocycles. The van der Waals surface area contributed by atoms with Gasteiger partial charge in [-0.2, -0.15) is 4.80 Å². The molecule has 2 aromatic rings. The summed E-state index contributed by atoms with van der Waals surface area (Å²) < 4.78 is 5.12. The van der Waals surface area contributed by atoms with E-state index < -0.39 is 5.97 Å². The average molecular weight is 260 g/mol. The summed E-state index contributed by atoms with van der Waals surface area (Å²) in [5, 5.41) is 11.6. The number of hydrogen-bond donors (Lipinski definition) is 0. The number of benzene rings is 1. The van der Waals surface area contributed by atoms with Gasteiger partial charge in [0, 0.05) is 0 Å². The molecule has 2 rings (SSSR count). The topological polar surface area (TPSA) is 69.9 Å². The molecule has 1 aromatic heterocycles. The second-order valence-corrected chi connectivity index (χ2v) is 5.14. The van der Waals surface area contributed by atoms with Crippen molar-refractivity contribution in [3.05, 3.63) is 41.7 Å². The minimum absolute atomic E-state index is 0.0224. The van der Waals surface area contributed by atoms with E-state index in [9.17, 15) is 4.79 Å². The zero-order valence-electron chi connectivity index (χ0n) is 11.2. The van der Waals surface area contributed by atoms with E-state index in [1.54, 1.807) is 0 Å². The first-order valence-electron chi connectivity index (χ1n) is 5.98. The highest BCUT2D eigenvalue weighted by molar-refractivity contribution is 5.84. The Labute approximate surface area is 111 Å². The number of carbonyl (C=O) groups is 1. The van der Waals surface area contributed by atoms with E-state index in [1.165, 1.54) is 4.80 Å². The van der Waals surface area contributed by atoms with Crippen LogP contribution in [-0.4, -0.2) is 26.2 Å². The molecule has 0 aliphatic rings. The third-order valence-corrected chi connectivity index (χ3v) is 2.41. The van der Waals surface area contributed by atoms with Gasteiger partial charge in [0.05, 0.1) is 5.54 Å². The summed E-state index contributed by atoms with van der Waals surface area (Å²) in [6.45, 7) is 5.97. The Kier molecular flexibility index (Phi) is 3.59.